The van der Waals surface area contributed by atoms with Gasteiger partial charge in [-0.15, -0.1) is 11.3 Å². The maximum Gasteiger partial charge on any atom is 0.125 e. The molecule has 0 saturated heterocycles. The van der Waals surface area contributed by atoms with Crippen LogP contribution in [-0.2, 0) is 0 Å². The van der Waals surface area contributed by atoms with Gasteiger partial charge in [0.05, 0.1) is 4.88 Å². The zero-order chi connectivity index (χ0) is 9.97. The van der Waals surface area contributed by atoms with Crippen LogP contribution in [0.25, 0.3) is 10.6 Å². The highest BCUT2D eigenvalue weighted by atomic mass is 32.1. The number of thiocarbonyl (C=S) groups is 1. The number of hydrogen-bond acceptors (Lipinski definition) is 4. The van der Waals surface area contributed by atoms with Gasteiger partial charge >= 0.3 is 0 Å². The first-order valence-electron chi connectivity index (χ1n) is 3.93. The summed E-state index contributed by atoms with van der Waals surface area (Å²) in [4.78, 5) is 9.46. The molecule has 0 amide bonds. The van der Waals surface area contributed by atoms with Crippen molar-refractivity contribution in [2.24, 2.45) is 5.73 Å². The van der Waals surface area contributed by atoms with Crippen LogP contribution in [-0.4, -0.2) is 15.0 Å². The van der Waals surface area contributed by atoms with E-state index < -0.39 is 0 Å². The van der Waals surface area contributed by atoms with Gasteiger partial charge in [-0.1, -0.05) is 12.2 Å². The van der Waals surface area contributed by atoms with Gasteiger partial charge in [0.15, 0.2) is 0 Å². The molecule has 70 valence electrons. The van der Waals surface area contributed by atoms with E-state index in [-0.39, 0.29) is 0 Å². The molecular formula is C9H7N3S2. The fraction of sp³-hybridized carbons (Fsp3) is 0. The molecule has 0 aliphatic rings. The molecule has 2 heterocycles. The monoisotopic (exact) mass is 221 g/mol. The van der Waals surface area contributed by atoms with E-state index in [1.165, 1.54) is 11.3 Å². The summed E-state index contributed by atoms with van der Waals surface area (Å²) in [5, 5.41) is 0.890. The molecule has 2 aromatic heterocycles. The minimum absolute atomic E-state index is 0.387. The predicted molar refractivity (Wildman–Crippen MR) is 61.2 cm³/mol. The molecule has 0 aromatic carbocycles. The van der Waals surface area contributed by atoms with Crippen molar-refractivity contribution < 1.29 is 0 Å². The van der Waals surface area contributed by atoms with E-state index in [9.17, 15) is 0 Å². The van der Waals surface area contributed by atoms with E-state index in [4.69, 9.17) is 18.0 Å². The van der Waals surface area contributed by atoms with Crippen LogP contribution in [0.3, 0.4) is 0 Å². The third-order valence-corrected chi connectivity index (χ3v) is 3.09. The Kier molecular flexibility index (Phi) is 2.51. The smallest absolute Gasteiger partial charge is 0.125 e. The van der Waals surface area contributed by atoms with Crippen LogP contribution in [0.4, 0.5) is 0 Å². The van der Waals surface area contributed by atoms with Gasteiger partial charge < -0.3 is 5.73 Å². The van der Waals surface area contributed by atoms with Crippen molar-refractivity contribution in [3.8, 4) is 10.6 Å². The summed E-state index contributed by atoms with van der Waals surface area (Å²) in [5.41, 5.74) is 6.48. The van der Waals surface area contributed by atoms with Crippen molar-refractivity contribution in [2.75, 3.05) is 0 Å². The second kappa shape index (κ2) is 3.81. The quantitative estimate of drug-likeness (QED) is 0.786. The van der Waals surface area contributed by atoms with Crippen LogP contribution in [0.15, 0.2) is 30.7 Å². The van der Waals surface area contributed by atoms with E-state index in [0.717, 1.165) is 15.4 Å². The second-order valence-electron chi connectivity index (χ2n) is 2.64. The van der Waals surface area contributed by atoms with Crippen LogP contribution >= 0.6 is 23.6 Å². The van der Waals surface area contributed by atoms with Crippen molar-refractivity contribution in [3.05, 3.63) is 35.6 Å². The summed E-state index contributed by atoms with van der Waals surface area (Å²) in [6.45, 7) is 0. The van der Waals surface area contributed by atoms with Crippen LogP contribution in [0.1, 0.15) is 4.88 Å². The molecule has 5 heteroatoms. The summed E-state index contributed by atoms with van der Waals surface area (Å²) < 4.78 is 0. The average Bonchev–Trinajstić information content (AvgIpc) is 2.68. The fourth-order valence-electron chi connectivity index (χ4n) is 1.01. The Bertz CT molecular complexity index is 450. The highest BCUT2D eigenvalue weighted by Crippen LogP contribution is 2.23. The Hall–Kier alpha value is -1.33. The van der Waals surface area contributed by atoms with Crippen molar-refractivity contribution in [2.45, 2.75) is 0 Å². The summed E-state index contributed by atoms with van der Waals surface area (Å²) >= 11 is 6.33. The minimum Gasteiger partial charge on any atom is -0.389 e. The topological polar surface area (TPSA) is 51.8 Å². The van der Waals surface area contributed by atoms with Gasteiger partial charge in [0.25, 0.3) is 0 Å². The first-order chi connectivity index (χ1) is 6.77. The Morgan fingerprint density at radius 2 is 2.29 bits per heavy atom. The van der Waals surface area contributed by atoms with E-state index >= 15 is 0 Å². The van der Waals surface area contributed by atoms with Crippen molar-refractivity contribution in [1.29, 1.82) is 0 Å². The minimum atomic E-state index is 0.387. The molecule has 0 unspecified atom stereocenters. The van der Waals surface area contributed by atoms with E-state index in [1.54, 1.807) is 18.6 Å². The van der Waals surface area contributed by atoms with Crippen molar-refractivity contribution in [1.82, 2.24) is 9.97 Å². The SMILES string of the molecule is NC(=S)c1cnc(-c2cccnc2)s1. The summed E-state index contributed by atoms with van der Waals surface area (Å²) in [6, 6.07) is 3.83. The summed E-state index contributed by atoms with van der Waals surface area (Å²) in [5.74, 6) is 0. The molecular weight excluding hydrogens is 214 g/mol. The third-order valence-electron chi connectivity index (χ3n) is 1.66. The molecule has 14 heavy (non-hydrogen) atoms. The van der Waals surface area contributed by atoms with Crippen LogP contribution in [0.2, 0.25) is 0 Å². The highest BCUT2D eigenvalue weighted by Gasteiger charge is 2.05. The largest absolute Gasteiger partial charge is 0.389 e. The Morgan fingerprint density at radius 3 is 2.86 bits per heavy atom. The summed E-state index contributed by atoms with van der Waals surface area (Å²) in [6.07, 6.45) is 5.18. The van der Waals surface area contributed by atoms with Crippen LogP contribution < -0.4 is 5.73 Å². The lowest BCUT2D eigenvalue weighted by atomic mass is 10.3. The number of pyridine rings is 1. The number of nitrogens with two attached hydrogens (primary N) is 1. The fourth-order valence-corrected chi connectivity index (χ4v) is 1.95. The molecule has 0 radical (unpaired) electrons. The van der Waals surface area contributed by atoms with E-state index in [1.807, 2.05) is 12.1 Å². The van der Waals surface area contributed by atoms with Gasteiger partial charge in [0.2, 0.25) is 0 Å². The molecule has 0 atom stereocenters. The van der Waals surface area contributed by atoms with Gasteiger partial charge in [-0.25, -0.2) is 4.98 Å². The molecule has 0 bridgehead atoms. The van der Waals surface area contributed by atoms with Gasteiger partial charge in [0.1, 0.15) is 10.00 Å². The molecule has 0 fully saturated rings. The second-order valence-corrected chi connectivity index (χ2v) is 4.11. The standard InChI is InChI=1S/C9H7N3S2/c10-8(13)7-5-12-9(14-7)6-2-1-3-11-4-6/h1-5H,(H2,10,13). The number of thiazole rings is 1. The normalized spacial score (nSPS) is 10.0. The maximum atomic E-state index is 5.49. The zero-order valence-electron chi connectivity index (χ0n) is 7.18. The number of hydrogen-bond donors (Lipinski definition) is 1. The van der Waals surface area contributed by atoms with E-state index in [2.05, 4.69) is 9.97 Å². The Balaban J connectivity index is 2.39. The molecule has 2 N–H and O–H groups in total. The molecule has 3 nitrogen and oxygen atoms in total. The maximum absolute atomic E-state index is 5.49. The van der Waals surface area contributed by atoms with E-state index in [0.29, 0.717) is 4.99 Å². The van der Waals surface area contributed by atoms with Crippen molar-refractivity contribution in [3.63, 3.8) is 0 Å². The molecule has 0 saturated carbocycles. The lowest BCUT2D eigenvalue weighted by Gasteiger charge is -1.92. The Labute approximate surface area is 90.6 Å². The molecule has 0 aliphatic carbocycles. The van der Waals surface area contributed by atoms with Crippen LogP contribution in [0.5, 0.6) is 0 Å². The molecule has 2 aromatic rings. The van der Waals surface area contributed by atoms with Crippen molar-refractivity contribution >= 4 is 28.5 Å². The Morgan fingerprint density at radius 1 is 1.43 bits per heavy atom. The van der Waals surface area contributed by atoms with Crippen LogP contribution in [0, 0.1) is 0 Å². The van der Waals surface area contributed by atoms with Gasteiger partial charge in [-0.3, -0.25) is 4.98 Å². The molecule has 0 aliphatic heterocycles. The molecule has 2 rings (SSSR count). The van der Waals surface area contributed by atoms with Gasteiger partial charge in [-0.2, -0.15) is 0 Å². The number of rotatable bonds is 2. The first kappa shape index (κ1) is 9.23. The molecule has 0 spiro atoms. The summed E-state index contributed by atoms with van der Waals surface area (Å²) in [7, 11) is 0. The lowest BCUT2D eigenvalue weighted by molar-refractivity contribution is 1.31. The average molecular weight is 221 g/mol. The zero-order valence-corrected chi connectivity index (χ0v) is 8.81. The lowest BCUT2D eigenvalue weighted by Crippen LogP contribution is -2.06. The highest BCUT2D eigenvalue weighted by molar-refractivity contribution is 7.81. The van der Waals surface area contributed by atoms with Gasteiger partial charge in [-0.05, 0) is 12.1 Å². The number of aromatic nitrogens is 2. The first-order valence-corrected chi connectivity index (χ1v) is 5.16. The van der Waals surface area contributed by atoms with Gasteiger partial charge in [0, 0.05) is 24.2 Å². The number of nitrogens with zero attached hydrogens (tertiary/aromatic N) is 2. The predicted octanol–water partition coefficient (Wildman–Crippen LogP) is 1.84. The third kappa shape index (κ3) is 1.78.